The van der Waals surface area contributed by atoms with Crippen LogP contribution in [0.25, 0.3) is 6.08 Å². The van der Waals surface area contributed by atoms with Gasteiger partial charge in [0.15, 0.2) is 5.11 Å². The number of hydrogen-bond acceptors (Lipinski definition) is 4. The van der Waals surface area contributed by atoms with Gasteiger partial charge in [-0.3, -0.25) is 19.8 Å². The van der Waals surface area contributed by atoms with E-state index in [1.807, 2.05) is 0 Å². The van der Waals surface area contributed by atoms with Gasteiger partial charge >= 0.3 is 5.51 Å². The molecule has 1 aliphatic heterocycles. The van der Waals surface area contributed by atoms with Gasteiger partial charge in [0, 0.05) is 9.92 Å². The highest BCUT2D eigenvalue weighted by atomic mass is 35.5. The van der Waals surface area contributed by atoms with E-state index in [4.69, 9.17) is 23.8 Å². The second-order valence-corrected chi connectivity index (χ2v) is 7.51. The Morgan fingerprint density at radius 2 is 1.64 bits per heavy atom. The van der Waals surface area contributed by atoms with Crippen molar-refractivity contribution in [3.8, 4) is 0 Å². The first kappa shape index (κ1) is 20.4. The normalized spacial score (nSPS) is 16.5. The molecule has 0 aliphatic carbocycles. The molecular weight excluding hydrogens is 433 g/mol. The summed E-state index contributed by atoms with van der Waals surface area (Å²) in [6.45, 7) is 0. The number of thioether (sulfide) groups is 1. The maximum absolute atomic E-state index is 12.8. The van der Waals surface area contributed by atoms with E-state index in [1.54, 1.807) is 24.3 Å². The Kier molecular flexibility index (Phi) is 5.78. The number of thiocarbonyl (C=S) groups is 1. The van der Waals surface area contributed by atoms with Gasteiger partial charge in [-0.2, -0.15) is 13.2 Å². The van der Waals surface area contributed by atoms with Crippen LogP contribution in [0.1, 0.15) is 5.56 Å². The third kappa shape index (κ3) is 4.73. The molecule has 2 aromatic carbocycles. The molecule has 4 nitrogen and oxygen atoms in total. The van der Waals surface area contributed by atoms with E-state index in [0.29, 0.717) is 16.3 Å². The molecular formula is C18H10ClF3N2O2S2. The molecule has 1 saturated heterocycles. The lowest BCUT2D eigenvalue weighted by molar-refractivity contribution is -0.122. The average molecular weight is 443 g/mol. The van der Waals surface area contributed by atoms with Crippen LogP contribution in [0, 0.1) is 0 Å². The highest BCUT2D eigenvalue weighted by molar-refractivity contribution is 8.00. The van der Waals surface area contributed by atoms with Gasteiger partial charge in [-0.1, -0.05) is 23.7 Å². The number of amides is 2. The molecule has 0 atom stereocenters. The molecule has 0 spiro atoms. The van der Waals surface area contributed by atoms with Crippen molar-refractivity contribution in [2.24, 2.45) is 0 Å². The molecule has 1 aliphatic rings. The van der Waals surface area contributed by atoms with Crippen molar-refractivity contribution in [1.82, 2.24) is 5.32 Å². The Morgan fingerprint density at radius 3 is 2.21 bits per heavy atom. The lowest BCUT2D eigenvalue weighted by Crippen LogP contribution is -2.54. The van der Waals surface area contributed by atoms with E-state index in [9.17, 15) is 22.8 Å². The van der Waals surface area contributed by atoms with Crippen LogP contribution in [0.5, 0.6) is 0 Å². The van der Waals surface area contributed by atoms with Gasteiger partial charge in [0.2, 0.25) is 0 Å². The third-order valence-electron chi connectivity index (χ3n) is 3.61. The minimum atomic E-state index is -4.39. The first-order valence-electron chi connectivity index (χ1n) is 7.67. The lowest BCUT2D eigenvalue weighted by atomic mass is 10.1. The van der Waals surface area contributed by atoms with Crippen LogP contribution < -0.4 is 10.2 Å². The number of alkyl halides is 3. The molecule has 3 rings (SSSR count). The third-order valence-corrected chi connectivity index (χ3v) is 4.89. The summed E-state index contributed by atoms with van der Waals surface area (Å²) in [4.78, 5) is 26.2. The second kappa shape index (κ2) is 7.94. The largest absolute Gasteiger partial charge is 0.446 e. The molecule has 28 heavy (non-hydrogen) atoms. The van der Waals surface area contributed by atoms with Gasteiger partial charge in [0.05, 0.1) is 5.69 Å². The topological polar surface area (TPSA) is 49.4 Å². The van der Waals surface area contributed by atoms with E-state index in [-0.39, 0.29) is 27.3 Å². The first-order chi connectivity index (χ1) is 13.1. The van der Waals surface area contributed by atoms with Crippen LogP contribution in [0.4, 0.5) is 18.9 Å². The summed E-state index contributed by atoms with van der Waals surface area (Å²) in [5, 5.41) is 2.82. The van der Waals surface area contributed by atoms with Crippen molar-refractivity contribution in [2.75, 3.05) is 4.90 Å². The van der Waals surface area contributed by atoms with Crippen LogP contribution in [0.2, 0.25) is 5.02 Å². The summed E-state index contributed by atoms with van der Waals surface area (Å²) >= 11 is 10.7. The smallest absolute Gasteiger partial charge is 0.298 e. The van der Waals surface area contributed by atoms with Gasteiger partial charge in [0.25, 0.3) is 11.8 Å². The van der Waals surface area contributed by atoms with E-state index >= 15 is 0 Å². The number of hydrogen-bond donors (Lipinski definition) is 1. The van der Waals surface area contributed by atoms with Crippen LogP contribution in [0.15, 0.2) is 59.0 Å². The van der Waals surface area contributed by atoms with Gasteiger partial charge in [0.1, 0.15) is 5.57 Å². The average Bonchev–Trinajstić information content (AvgIpc) is 2.60. The lowest BCUT2D eigenvalue weighted by Gasteiger charge is -2.28. The van der Waals surface area contributed by atoms with Gasteiger partial charge in [-0.05, 0) is 72.0 Å². The predicted molar refractivity (Wildman–Crippen MR) is 106 cm³/mol. The molecule has 144 valence electrons. The maximum atomic E-state index is 12.8. The number of carbonyl (C=O) groups excluding carboxylic acids is 2. The quantitative estimate of drug-likeness (QED) is 0.321. The number of nitrogens with zero attached hydrogens (tertiary/aromatic N) is 1. The predicted octanol–water partition coefficient (Wildman–Crippen LogP) is 4.78. The number of halogens is 4. The SMILES string of the molecule is O=C1NC(=S)N(c2ccc(Cl)cc2)C(=O)/C1=C/c1ccc(SC(F)(F)F)cc1. The maximum Gasteiger partial charge on any atom is 0.446 e. The Hall–Kier alpha value is -2.36. The fourth-order valence-corrected chi connectivity index (χ4v) is 3.36. The van der Waals surface area contributed by atoms with Crippen molar-refractivity contribution < 1.29 is 22.8 Å². The first-order valence-corrected chi connectivity index (χ1v) is 9.27. The van der Waals surface area contributed by atoms with Gasteiger partial charge < -0.3 is 0 Å². The van der Waals surface area contributed by atoms with Crippen molar-refractivity contribution in [2.45, 2.75) is 10.4 Å². The van der Waals surface area contributed by atoms with Gasteiger partial charge in [-0.15, -0.1) is 0 Å². The monoisotopic (exact) mass is 442 g/mol. The molecule has 10 heteroatoms. The van der Waals surface area contributed by atoms with Crippen LogP contribution in [-0.4, -0.2) is 22.4 Å². The number of carbonyl (C=O) groups is 2. The van der Waals surface area contributed by atoms with Crippen LogP contribution in [0.3, 0.4) is 0 Å². The fourth-order valence-electron chi connectivity index (χ4n) is 2.41. The molecule has 1 fully saturated rings. The zero-order valence-corrected chi connectivity index (χ0v) is 16.2. The van der Waals surface area contributed by atoms with Crippen molar-refractivity contribution in [3.05, 3.63) is 64.7 Å². The summed E-state index contributed by atoms with van der Waals surface area (Å²) < 4.78 is 37.2. The Labute approximate surface area is 172 Å². The van der Waals surface area contributed by atoms with E-state index in [1.165, 1.54) is 30.3 Å². The zero-order chi connectivity index (χ0) is 20.5. The highest BCUT2D eigenvalue weighted by Gasteiger charge is 2.34. The minimum absolute atomic E-state index is 0.00181. The molecule has 0 bridgehead atoms. The van der Waals surface area contributed by atoms with Crippen LogP contribution >= 0.6 is 35.6 Å². The molecule has 0 aromatic heterocycles. The summed E-state index contributed by atoms with van der Waals surface area (Å²) in [6.07, 6.45) is 1.30. The minimum Gasteiger partial charge on any atom is -0.298 e. The molecule has 0 unspecified atom stereocenters. The number of rotatable bonds is 3. The molecule has 2 aromatic rings. The standard InChI is InChI=1S/C18H10ClF3N2O2S2/c19-11-3-5-12(6-4-11)24-16(26)14(15(25)23-17(24)27)9-10-1-7-13(8-2-10)28-18(20,21)22/h1-9H,(H,23,25,27)/b14-9+. The molecule has 1 heterocycles. The number of anilines is 1. The summed E-state index contributed by atoms with van der Waals surface area (Å²) in [7, 11) is 0. The summed E-state index contributed by atoms with van der Waals surface area (Å²) in [5.41, 5.74) is -3.77. The van der Waals surface area contributed by atoms with Crippen molar-refractivity contribution in [3.63, 3.8) is 0 Å². The van der Waals surface area contributed by atoms with E-state index in [0.717, 1.165) is 4.90 Å². The molecule has 1 N–H and O–H groups in total. The van der Waals surface area contributed by atoms with Crippen LogP contribution in [-0.2, 0) is 9.59 Å². The zero-order valence-electron chi connectivity index (χ0n) is 13.8. The number of nitrogens with one attached hydrogen (secondary N) is 1. The Morgan fingerprint density at radius 1 is 1.04 bits per heavy atom. The van der Waals surface area contributed by atoms with Crippen molar-refractivity contribution >= 4 is 64.3 Å². The highest BCUT2D eigenvalue weighted by Crippen LogP contribution is 2.36. The number of benzene rings is 2. The molecule has 0 radical (unpaired) electrons. The summed E-state index contributed by atoms with van der Waals surface area (Å²) in [5.74, 6) is -1.33. The fraction of sp³-hybridized carbons (Fsp3) is 0.0556. The van der Waals surface area contributed by atoms with Crippen molar-refractivity contribution in [1.29, 1.82) is 0 Å². The van der Waals surface area contributed by atoms with E-state index < -0.39 is 17.3 Å². The van der Waals surface area contributed by atoms with Gasteiger partial charge in [-0.25, -0.2) is 0 Å². The second-order valence-electron chi connectivity index (χ2n) is 5.55. The molecule has 0 saturated carbocycles. The Balaban J connectivity index is 1.89. The Bertz CT molecular complexity index is 974. The molecule has 2 amide bonds. The summed E-state index contributed by atoms with van der Waals surface area (Å²) in [6, 6.07) is 11.6. The van der Waals surface area contributed by atoms with E-state index in [2.05, 4.69) is 5.32 Å².